The molecule has 3 amide bonds. The van der Waals surface area contributed by atoms with Crippen LogP contribution in [-0.2, 0) is 4.79 Å². The number of nitrogens with zero attached hydrogens (tertiary/aromatic N) is 4. The molecular weight excluding hydrogens is 455 g/mol. The van der Waals surface area contributed by atoms with Crippen LogP contribution in [0.1, 0.15) is 0 Å². The maximum Gasteiger partial charge on any atom is 0.325 e. The molecule has 2 aromatic carbocycles. The Morgan fingerprint density at radius 2 is 1.59 bits per heavy atom. The Morgan fingerprint density at radius 3 is 2.38 bits per heavy atom. The van der Waals surface area contributed by atoms with Gasteiger partial charge in [0, 0.05) is 56.7 Å². The van der Waals surface area contributed by atoms with Crippen LogP contribution in [0.5, 0.6) is 11.5 Å². The number of halogens is 2. The Morgan fingerprint density at radius 1 is 0.844 bits per heavy atom. The molecule has 0 aromatic heterocycles. The SMILES string of the molecule is O=C(CN1CCN(c2ccc3c(c2)OCO3)C1=O)N1CCN(c2ccc(Cl)c(Cl)c2)CC1. The molecule has 0 saturated carbocycles. The lowest BCUT2D eigenvalue weighted by Gasteiger charge is -2.36. The molecule has 32 heavy (non-hydrogen) atoms. The fraction of sp³-hybridized carbons (Fsp3) is 0.364. The van der Waals surface area contributed by atoms with Crippen molar-refractivity contribution in [2.45, 2.75) is 0 Å². The van der Waals surface area contributed by atoms with E-state index in [0.29, 0.717) is 60.8 Å². The van der Waals surface area contributed by atoms with Crippen molar-refractivity contribution >= 4 is 46.5 Å². The quantitative estimate of drug-likeness (QED) is 0.676. The van der Waals surface area contributed by atoms with Gasteiger partial charge in [-0.05, 0) is 30.3 Å². The molecule has 10 heteroatoms. The third-order valence-corrected chi connectivity index (χ3v) is 6.73. The van der Waals surface area contributed by atoms with Gasteiger partial charge in [-0.2, -0.15) is 0 Å². The predicted octanol–water partition coefficient (Wildman–Crippen LogP) is 3.31. The summed E-state index contributed by atoms with van der Waals surface area (Å²) in [6.07, 6.45) is 0. The number of benzene rings is 2. The number of hydrogen-bond donors (Lipinski definition) is 0. The molecule has 3 aliphatic rings. The van der Waals surface area contributed by atoms with Gasteiger partial charge < -0.3 is 24.2 Å². The molecule has 0 N–H and O–H groups in total. The molecule has 2 saturated heterocycles. The fourth-order valence-corrected chi connectivity index (χ4v) is 4.47. The second-order valence-corrected chi connectivity index (χ2v) is 8.67. The van der Waals surface area contributed by atoms with Crippen molar-refractivity contribution in [1.82, 2.24) is 9.80 Å². The van der Waals surface area contributed by atoms with Crippen molar-refractivity contribution in [1.29, 1.82) is 0 Å². The van der Waals surface area contributed by atoms with E-state index < -0.39 is 0 Å². The smallest absolute Gasteiger partial charge is 0.325 e. The summed E-state index contributed by atoms with van der Waals surface area (Å²) >= 11 is 12.1. The standard InChI is InChI=1S/C22H22Cl2N4O4/c23-17-3-1-15(11-18(17)24)25-5-7-26(8-6-25)21(29)13-27-9-10-28(22(27)30)16-2-4-19-20(12-16)32-14-31-19/h1-4,11-12H,5-10,13-14H2. The van der Waals surface area contributed by atoms with E-state index in [9.17, 15) is 9.59 Å². The lowest BCUT2D eigenvalue weighted by atomic mass is 10.2. The Hall–Kier alpha value is -2.84. The zero-order valence-electron chi connectivity index (χ0n) is 17.3. The van der Waals surface area contributed by atoms with Gasteiger partial charge in [0.1, 0.15) is 6.54 Å². The molecule has 0 atom stereocenters. The molecule has 2 fully saturated rings. The second-order valence-electron chi connectivity index (χ2n) is 7.86. The third-order valence-electron chi connectivity index (χ3n) is 5.99. The maximum absolute atomic E-state index is 12.9. The first-order chi connectivity index (χ1) is 15.5. The highest BCUT2D eigenvalue weighted by Crippen LogP contribution is 2.36. The average Bonchev–Trinajstić information content (AvgIpc) is 3.42. The van der Waals surface area contributed by atoms with E-state index in [0.717, 1.165) is 11.4 Å². The topological polar surface area (TPSA) is 65.6 Å². The van der Waals surface area contributed by atoms with Crippen LogP contribution in [0, 0.1) is 0 Å². The molecule has 5 rings (SSSR count). The molecule has 3 heterocycles. The summed E-state index contributed by atoms with van der Waals surface area (Å²) in [4.78, 5) is 33.0. The summed E-state index contributed by atoms with van der Waals surface area (Å²) < 4.78 is 10.7. The van der Waals surface area contributed by atoms with Gasteiger partial charge >= 0.3 is 6.03 Å². The van der Waals surface area contributed by atoms with Gasteiger partial charge in [-0.15, -0.1) is 0 Å². The average molecular weight is 477 g/mol. The minimum absolute atomic E-state index is 0.0420. The second kappa shape index (κ2) is 8.60. The van der Waals surface area contributed by atoms with Crippen LogP contribution >= 0.6 is 23.2 Å². The number of anilines is 2. The number of amides is 3. The van der Waals surface area contributed by atoms with Crippen LogP contribution in [-0.4, -0.2) is 74.3 Å². The normalized spacial score (nSPS) is 18.0. The van der Waals surface area contributed by atoms with Gasteiger partial charge in [-0.25, -0.2) is 4.79 Å². The van der Waals surface area contributed by atoms with E-state index in [4.69, 9.17) is 32.7 Å². The van der Waals surface area contributed by atoms with Crippen molar-refractivity contribution in [3.05, 3.63) is 46.4 Å². The minimum atomic E-state index is -0.174. The summed E-state index contributed by atoms with van der Waals surface area (Å²) in [5, 5.41) is 1.04. The van der Waals surface area contributed by atoms with Crippen LogP contribution in [0.15, 0.2) is 36.4 Å². The first kappa shape index (κ1) is 21.0. The zero-order valence-corrected chi connectivity index (χ0v) is 18.8. The molecule has 3 aliphatic heterocycles. The van der Waals surface area contributed by atoms with E-state index >= 15 is 0 Å². The van der Waals surface area contributed by atoms with Crippen molar-refractivity contribution in [2.75, 3.05) is 62.4 Å². The number of rotatable bonds is 4. The Kier molecular flexibility index (Phi) is 5.65. The Labute approximate surface area is 195 Å². The van der Waals surface area contributed by atoms with Gasteiger partial charge in [-0.1, -0.05) is 23.2 Å². The third kappa shape index (κ3) is 4.00. The van der Waals surface area contributed by atoms with Crippen LogP contribution < -0.4 is 19.3 Å². The number of carbonyl (C=O) groups excluding carboxylic acids is 2. The summed E-state index contributed by atoms with van der Waals surface area (Å²) in [5.41, 5.74) is 1.73. The van der Waals surface area contributed by atoms with Crippen LogP contribution in [0.2, 0.25) is 10.0 Å². The predicted molar refractivity (Wildman–Crippen MR) is 122 cm³/mol. The van der Waals surface area contributed by atoms with E-state index in [1.165, 1.54) is 0 Å². The van der Waals surface area contributed by atoms with Gasteiger partial charge in [0.25, 0.3) is 0 Å². The highest BCUT2D eigenvalue weighted by molar-refractivity contribution is 6.42. The maximum atomic E-state index is 12.9. The number of fused-ring (bicyclic) bond motifs is 1. The van der Waals surface area contributed by atoms with Crippen molar-refractivity contribution in [3.8, 4) is 11.5 Å². The zero-order chi connectivity index (χ0) is 22.2. The highest BCUT2D eigenvalue weighted by Gasteiger charge is 2.33. The Balaban J connectivity index is 1.16. The van der Waals surface area contributed by atoms with Crippen molar-refractivity contribution in [3.63, 3.8) is 0 Å². The molecule has 0 unspecified atom stereocenters. The molecule has 0 spiro atoms. The summed E-state index contributed by atoms with van der Waals surface area (Å²) in [6.45, 7) is 3.86. The molecule has 8 nitrogen and oxygen atoms in total. The molecule has 0 aliphatic carbocycles. The summed E-state index contributed by atoms with van der Waals surface area (Å²) in [7, 11) is 0. The molecule has 168 valence electrons. The van der Waals surface area contributed by atoms with E-state index in [1.807, 2.05) is 23.1 Å². The number of ether oxygens (including phenoxy) is 2. The fourth-order valence-electron chi connectivity index (χ4n) is 4.18. The van der Waals surface area contributed by atoms with E-state index in [-0.39, 0.29) is 25.3 Å². The monoisotopic (exact) mass is 476 g/mol. The molecule has 2 aromatic rings. The van der Waals surface area contributed by atoms with Gasteiger partial charge in [0.05, 0.1) is 10.0 Å². The summed E-state index contributed by atoms with van der Waals surface area (Å²) in [5.74, 6) is 1.26. The minimum Gasteiger partial charge on any atom is -0.454 e. The lowest BCUT2D eigenvalue weighted by molar-refractivity contribution is -0.131. The highest BCUT2D eigenvalue weighted by atomic mass is 35.5. The number of urea groups is 1. The van der Waals surface area contributed by atoms with Gasteiger partial charge in [-0.3, -0.25) is 9.69 Å². The number of hydrogen-bond acceptors (Lipinski definition) is 5. The van der Waals surface area contributed by atoms with Gasteiger partial charge in [0.2, 0.25) is 12.7 Å². The number of piperazine rings is 1. The van der Waals surface area contributed by atoms with Crippen LogP contribution in [0.4, 0.5) is 16.2 Å². The largest absolute Gasteiger partial charge is 0.454 e. The van der Waals surface area contributed by atoms with Crippen LogP contribution in [0.25, 0.3) is 0 Å². The molecule has 0 radical (unpaired) electrons. The molecule has 0 bridgehead atoms. The van der Waals surface area contributed by atoms with E-state index in [2.05, 4.69) is 4.90 Å². The molecular formula is C22H22Cl2N4O4. The first-order valence-corrected chi connectivity index (χ1v) is 11.2. The number of carbonyl (C=O) groups is 2. The van der Waals surface area contributed by atoms with E-state index in [1.54, 1.807) is 28.0 Å². The van der Waals surface area contributed by atoms with Gasteiger partial charge in [0.15, 0.2) is 11.5 Å². The summed E-state index contributed by atoms with van der Waals surface area (Å²) in [6, 6.07) is 10.8. The van der Waals surface area contributed by atoms with Crippen molar-refractivity contribution in [2.24, 2.45) is 0 Å². The van der Waals surface area contributed by atoms with Crippen molar-refractivity contribution < 1.29 is 19.1 Å². The lowest BCUT2D eigenvalue weighted by Crippen LogP contribution is -2.51. The first-order valence-electron chi connectivity index (χ1n) is 10.4. The Bertz CT molecular complexity index is 1060. The van der Waals surface area contributed by atoms with Crippen LogP contribution in [0.3, 0.4) is 0 Å².